The summed E-state index contributed by atoms with van der Waals surface area (Å²) in [7, 11) is -1.56. The summed E-state index contributed by atoms with van der Waals surface area (Å²) in [6.45, 7) is 4.27. The van der Waals surface area contributed by atoms with Crippen molar-refractivity contribution in [1.82, 2.24) is 4.98 Å². The van der Waals surface area contributed by atoms with Crippen LogP contribution in [0.25, 0.3) is 0 Å². The molecule has 0 bridgehead atoms. The molecule has 1 aromatic rings. The molecule has 3 nitrogen and oxygen atoms in total. The van der Waals surface area contributed by atoms with Gasteiger partial charge in [-0.05, 0) is 24.0 Å². The maximum absolute atomic E-state index is 8.90. The van der Waals surface area contributed by atoms with Crippen LogP contribution < -0.4 is 5.59 Å². The highest BCUT2D eigenvalue weighted by molar-refractivity contribution is 6.57. The van der Waals surface area contributed by atoms with Crippen LogP contribution in [0.3, 0.4) is 0 Å². The molecule has 0 amide bonds. The third-order valence-electron chi connectivity index (χ3n) is 2.48. The molecule has 0 aliphatic rings. The van der Waals surface area contributed by atoms with Gasteiger partial charge >= 0.3 is 7.12 Å². The number of halogens is 1. The average molecular weight is 228 g/mol. The molecule has 82 valence electrons. The van der Waals surface area contributed by atoms with Crippen molar-refractivity contribution in [2.45, 2.75) is 26.7 Å². The fraction of sp³-hybridized carbons (Fsp3) is 0.500. The largest absolute Gasteiger partial charge is 0.508 e. The number of nitrogens with zero attached hydrogens (tertiary/aromatic N) is 1. The lowest BCUT2D eigenvalue weighted by Crippen LogP contribution is -2.32. The summed E-state index contributed by atoms with van der Waals surface area (Å²) < 4.78 is 0. The summed E-state index contributed by atoms with van der Waals surface area (Å²) in [5, 5.41) is 18.2. The number of hydrogen-bond acceptors (Lipinski definition) is 3. The van der Waals surface area contributed by atoms with E-state index in [0.29, 0.717) is 11.1 Å². The van der Waals surface area contributed by atoms with E-state index in [0.717, 1.165) is 18.4 Å². The molecule has 1 aromatic heterocycles. The molecule has 0 aliphatic carbocycles. The van der Waals surface area contributed by atoms with E-state index in [1.165, 1.54) is 0 Å². The van der Waals surface area contributed by atoms with Crippen molar-refractivity contribution in [3.8, 4) is 0 Å². The highest BCUT2D eigenvalue weighted by Crippen LogP contribution is 2.17. The average Bonchev–Trinajstić information content (AvgIpc) is 2.20. The molecule has 1 heterocycles. The van der Waals surface area contributed by atoms with Gasteiger partial charge in [0, 0.05) is 0 Å². The van der Waals surface area contributed by atoms with Gasteiger partial charge in [-0.1, -0.05) is 37.9 Å². The van der Waals surface area contributed by atoms with Gasteiger partial charge in [0.2, 0.25) is 0 Å². The lowest BCUT2D eigenvalue weighted by Gasteiger charge is -2.10. The predicted molar refractivity (Wildman–Crippen MR) is 62.2 cm³/mol. The first kappa shape index (κ1) is 12.5. The minimum Gasteiger partial charge on any atom is -0.422 e. The topological polar surface area (TPSA) is 53.4 Å². The van der Waals surface area contributed by atoms with Crippen LogP contribution in [0.1, 0.15) is 25.8 Å². The summed E-state index contributed by atoms with van der Waals surface area (Å²) in [5.74, 6) is 0.550. The summed E-state index contributed by atoms with van der Waals surface area (Å²) in [6.07, 6.45) is 1.95. The first-order valence-corrected chi connectivity index (χ1v) is 5.43. The van der Waals surface area contributed by atoms with Crippen molar-refractivity contribution in [3.05, 3.63) is 22.8 Å². The van der Waals surface area contributed by atoms with E-state index in [1.54, 1.807) is 12.1 Å². The third kappa shape index (κ3) is 3.48. The molecule has 2 N–H and O–H groups in total. The molecular formula is C10H15BClNO2. The molecule has 15 heavy (non-hydrogen) atoms. The first-order chi connectivity index (χ1) is 7.04. The molecule has 1 rings (SSSR count). The quantitative estimate of drug-likeness (QED) is 0.596. The van der Waals surface area contributed by atoms with Gasteiger partial charge in [-0.15, -0.1) is 0 Å². The van der Waals surface area contributed by atoms with Crippen molar-refractivity contribution in [3.63, 3.8) is 0 Å². The second-order valence-corrected chi connectivity index (χ2v) is 4.14. The van der Waals surface area contributed by atoms with Gasteiger partial charge in [0.15, 0.2) is 0 Å². The predicted octanol–water partition coefficient (Wildman–Crippen LogP) is 1.00. The zero-order valence-electron chi connectivity index (χ0n) is 8.94. The zero-order chi connectivity index (χ0) is 11.4. The number of aromatic nitrogens is 1. The Bertz CT molecular complexity index is 333. The Balaban J connectivity index is 2.83. The van der Waals surface area contributed by atoms with Gasteiger partial charge in [0.05, 0.1) is 5.59 Å². The lowest BCUT2D eigenvalue weighted by atomic mass is 9.85. The Hall–Kier alpha value is -0.575. The number of pyridine rings is 1. The Kier molecular flexibility index (Phi) is 4.58. The molecule has 0 radical (unpaired) electrons. The first-order valence-electron chi connectivity index (χ1n) is 5.06. The highest BCUT2D eigenvalue weighted by Gasteiger charge is 2.15. The van der Waals surface area contributed by atoms with Crippen molar-refractivity contribution in [2.75, 3.05) is 0 Å². The molecule has 0 spiro atoms. The molecule has 1 unspecified atom stereocenters. The Morgan fingerprint density at radius 1 is 1.47 bits per heavy atom. The summed E-state index contributed by atoms with van der Waals surface area (Å²) >= 11 is 5.94. The zero-order valence-corrected chi connectivity index (χ0v) is 9.70. The van der Waals surface area contributed by atoms with E-state index in [4.69, 9.17) is 21.6 Å². The summed E-state index contributed by atoms with van der Waals surface area (Å²) in [5.41, 5.74) is 1.14. The monoisotopic (exact) mass is 227 g/mol. The van der Waals surface area contributed by atoms with Gasteiger partial charge in [-0.2, -0.15) is 0 Å². The van der Waals surface area contributed by atoms with Crippen LogP contribution in [-0.2, 0) is 6.42 Å². The Morgan fingerprint density at radius 2 is 2.13 bits per heavy atom. The number of rotatable bonds is 4. The van der Waals surface area contributed by atoms with Gasteiger partial charge in [0.25, 0.3) is 0 Å². The molecule has 0 fully saturated rings. The third-order valence-corrected chi connectivity index (χ3v) is 2.80. The molecule has 0 aliphatic heterocycles. The van der Waals surface area contributed by atoms with E-state index in [9.17, 15) is 0 Å². The molecular weight excluding hydrogens is 212 g/mol. The standard InChI is InChI=1S/C10H15BClNO2/c1-3-7(2)6-8-4-5-9(11(14)15)13-10(8)12/h4-5,7,14-15H,3,6H2,1-2H3. The van der Waals surface area contributed by atoms with Crippen LogP contribution in [0.4, 0.5) is 0 Å². The van der Waals surface area contributed by atoms with Gasteiger partial charge in [-0.3, -0.25) is 0 Å². The maximum Gasteiger partial charge on any atom is 0.508 e. The molecule has 0 aromatic carbocycles. The van der Waals surface area contributed by atoms with E-state index in [1.807, 2.05) is 0 Å². The van der Waals surface area contributed by atoms with Crippen molar-refractivity contribution in [1.29, 1.82) is 0 Å². The highest BCUT2D eigenvalue weighted by atomic mass is 35.5. The van der Waals surface area contributed by atoms with Crippen molar-refractivity contribution >= 4 is 24.3 Å². The fourth-order valence-electron chi connectivity index (χ4n) is 1.29. The van der Waals surface area contributed by atoms with Gasteiger partial charge < -0.3 is 10.0 Å². The minimum atomic E-state index is -1.56. The molecule has 0 saturated heterocycles. The van der Waals surface area contributed by atoms with Crippen LogP contribution >= 0.6 is 11.6 Å². The van der Waals surface area contributed by atoms with Crippen LogP contribution in [0.15, 0.2) is 12.1 Å². The summed E-state index contributed by atoms with van der Waals surface area (Å²) in [6, 6.07) is 3.39. The van der Waals surface area contributed by atoms with Gasteiger partial charge in [-0.25, -0.2) is 4.98 Å². The van der Waals surface area contributed by atoms with Crippen LogP contribution in [0, 0.1) is 5.92 Å². The number of hydrogen-bond donors (Lipinski definition) is 2. The molecule has 5 heteroatoms. The van der Waals surface area contributed by atoms with Crippen LogP contribution in [0.5, 0.6) is 0 Å². The SMILES string of the molecule is CCC(C)Cc1ccc(B(O)O)nc1Cl. The van der Waals surface area contributed by atoms with Crippen molar-refractivity contribution in [2.24, 2.45) is 5.92 Å². The summed E-state index contributed by atoms with van der Waals surface area (Å²) in [4.78, 5) is 3.93. The minimum absolute atomic E-state index is 0.188. The lowest BCUT2D eigenvalue weighted by molar-refractivity contribution is 0.424. The van der Waals surface area contributed by atoms with E-state index >= 15 is 0 Å². The second-order valence-electron chi connectivity index (χ2n) is 3.78. The molecule has 1 atom stereocenters. The van der Waals surface area contributed by atoms with E-state index in [-0.39, 0.29) is 5.59 Å². The normalized spacial score (nSPS) is 12.6. The Labute approximate surface area is 95.3 Å². The second kappa shape index (κ2) is 5.49. The maximum atomic E-state index is 8.90. The fourth-order valence-corrected chi connectivity index (χ4v) is 1.53. The van der Waals surface area contributed by atoms with Gasteiger partial charge in [0.1, 0.15) is 5.15 Å². The van der Waals surface area contributed by atoms with Crippen LogP contribution in [-0.4, -0.2) is 22.2 Å². The Morgan fingerprint density at radius 3 is 2.60 bits per heavy atom. The molecule has 0 saturated carbocycles. The van der Waals surface area contributed by atoms with E-state index in [2.05, 4.69) is 18.8 Å². The van der Waals surface area contributed by atoms with E-state index < -0.39 is 7.12 Å². The van der Waals surface area contributed by atoms with Crippen LogP contribution in [0.2, 0.25) is 5.15 Å². The van der Waals surface area contributed by atoms with Crippen molar-refractivity contribution < 1.29 is 10.0 Å². The smallest absolute Gasteiger partial charge is 0.422 e.